The molecule has 0 saturated carbocycles. The minimum Gasteiger partial charge on any atom is -0.374 e. The zero-order chi connectivity index (χ0) is 16.2. The van der Waals surface area contributed by atoms with Gasteiger partial charge in [0, 0.05) is 44.8 Å². The molecule has 0 radical (unpaired) electrons. The Balaban J connectivity index is 1.50. The molecular weight excluding hydrogens is 290 g/mol. The normalized spacial score (nSPS) is 21.7. The highest BCUT2D eigenvalue weighted by molar-refractivity contribution is 5.95. The molecule has 1 aromatic carbocycles. The summed E-state index contributed by atoms with van der Waals surface area (Å²) in [6, 6.07) is 8.24. The van der Waals surface area contributed by atoms with Crippen LogP contribution in [0.3, 0.4) is 0 Å². The molecule has 2 aliphatic heterocycles. The maximum atomic E-state index is 12.6. The van der Waals surface area contributed by atoms with Crippen LogP contribution in [0.4, 0.5) is 5.69 Å². The summed E-state index contributed by atoms with van der Waals surface area (Å²) in [5.41, 5.74) is 2.39. The molecule has 1 atom stereocenters. The van der Waals surface area contributed by atoms with Crippen molar-refractivity contribution >= 4 is 11.6 Å². The van der Waals surface area contributed by atoms with Crippen molar-refractivity contribution in [2.24, 2.45) is 0 Å². The smallest absolute Gasteiger partial charge is 0.228 e. The minimum atomic E-state index is 0.241. The van der Waals surface area contributed by atoms with Gasteiger partial charge in [-0.1, -0.05) is 18.2 Å². The van der Waals surface area contributed by atoms with Crippen LogP contribution in [0.25, 0.3) is 0 Å². The first-order chi connectivity index (χ1) is 11.1. The van der Waals surface area contributed by atoms with Crippen LogP contribution in [-0.2, 0) is 16.0 Å². The average Bonchev–Trinajstić information content (AvgIpc) is 2.96. The van der Waals surface area contributed by atoms with Gasteiger partial charge in [0.1, 0.15) is 0 Å². The number of anilines is 1. The third-order valence-corrected chi connectivity index (χ3v) is 4.62. The van der Waals surface area contributed by atoms with Gasteiger partial charge in [-0.3, -0.25) is 9.69 Å². The molecule has 1 saturated heterocycles. The zero-order valence-electron chi connectivity index (χ0n) is 14.2. The molecule has 1 amide bonds. The van der Waals surface area contributed by atoms with Crippen molar-refractivity contribution in [2.75, 3.05) is 58.3 Å². The second-order valence-electron chi connectivity index (χ2n) is 6.73. The van der Waals surface area contributed by atoms with Crippen molar-refractivity contribution in [3.63, 3.8) is 0 Å². The molecule has 2 aliphatic rings. The number of fused-ring (bicyclic) bond motifs is 1. The lowest BCUT2D eigenvalue weighted by Crippen LogP contribution is -2.47. The van der Waals surface area contributed by atoms with E-state index in [-0.39, 0.29) is 12.0 Å². The van der Waals surface area contributed by atoms with Gasteiger partial charge in [0.2, 0.25) is 5.91 Å². The van der Waals surface area contributed by atoms with Gasteiger partial charge in [-0.2, -0.15) is 0 Å². The van der Waals surface area contributed by atoms with E-state index in [0.717, 1.165) is 51.4 Å². The van der Waals surface area contributed by atoms with Crippen molar-refractivity contribution < 1.29 is 9.53 Å². The second kappa shape index (κ2) is 7.43. The van der Waals surface area contributed by atoms with E-state index in [1.807, 2.05) is 17.0 Å². The molecule has 5 nitrogen and oxygen atoms in total. The molecule has 1 fully saturated rings. The van der Waals surface area contributed by atoms with Crippen molar-refractivity contribution in [2.45, 2.75) is 18.9 Å². The van der Waals surface area contributed by atoms with Crippen LogP contribution < -0.4 is 4.90 Å². The fourth-order valence-corrected chi connectivity index (χ4v) is 3.49. The molecule has 23 heavy (non-hydrogen) atoms. The monoisotopic (exact) mass is 317 g/mol. The standard InChI is InChI=1S/C18H27N3O2/c1-19(2)13-16-14-20(11-12-23-16)9-8-18(22)21-10-7-15-5-3-4-6-17(15)21/h3-6,16H,7-14H2,1-2H3. The van der Waals surface area contributed by atoms with E-state index in [2.05, 4.69) is 36.0 Å². The van der Waals surface area contributed by atoms with Crippen molar-refractivity contribution in [3.8, 4) is 0 Å². The Morgan fingerprint density at radius 1 is 1.30 bits per heavy atom. The lowest BCUT2D eigenvalue weighted by Gasteiger charge is -2.34. The first-order valence-corrected chi connectivity index (χ1v) is 8.50. The zero-order valence-corrected chi connectivity index (χ0v) is 14.2. The highest BCUT2D eigenvalue weighted by Crippen LogP contribution is 2.27. The minimum absolute atomic E-state index is 0.241. The van der Waals surface area contributed by atoms with E-state index in [1.165, 1.54) is 5.56 Å². The van der Waals surface area contributed by atoms with Crippen molar-refractivity contribution in [3.05, 3.63) is 29.8 Å². The summed E-state index contributed by atoms with van der Waals surface area (Å²) in [7, 11) is 4.13. The Labute approximate surface area is 138 Å². The van der Waals surface area contributed by atoms with Crippen molar-refractivity contribution in [1.29, 1.82) is 0 Å². The Bertz CT molecular complexity index is 547. The van der Waals surface area contributed by atoms with Crippen LogP contribution >= 0.6 is 0 Å². The molecular formula is C18H27N3O2. The fourth-order valence-electron chi connectivity index (χ4n) is 3.49. The number of hydrogen-bond donors (Lipinski definition) is 0. The van der Waals surface area contributed by atoms with Gasteiger partial charge >= 0.3 is 0 Å². The number of likely N-dealkylation sites (N-methyl/N-ethyl adjacent to an activating group) is 1. The number of benzene rings is 1. The van der Waals surface area contributed by atoms with E-state index in [9.17, 15) is 4.79 Å². The largest absolute Gasteiger partial charge is 0.374 e. The highest BCUT2D eigenvalue weighted by Gasteiger charge is 2.26. The van der Waals surface area contributed by atoms with Crippen LogP contribution in [0.1, 0.15) is 12.0 Å². The molecule has 3 rings (SSSR count). The number of nitrogens with zero attached hydrogens (tertiary/aromatic N) is 3. The SMILES string of the molecule is CN(C)CC1CN(CCC(=O)N2CCc3ccccc32)CCO1. The molecule has 1 unspecified atom stereocenters. The van der Waals surface area contributed by atoms with Gasteiger partial charge in [-0.15, -0.1) is 0 Å². The van der Waals surface area contributed by atoms with Crippen LogP contribution in [-0.4, -0.2) is 75.2 Å². The maximum absolute atomic E-state index is 12.6. The third kappa shape index (κ3) is 4.10. The number of hydrogen-bond acceptors (Lipinski definition) is 4. The van der Waals surface area contributed by atoms with E-state index >= 15 is 0 Å². The lowest BCUT2D eigenvalue weighted by atomic mass is 10.2. The second-order valence-corrected chi connectivity index (χ2v) is 6.73. The molecule has 0 N–H and O–H groups in total. The topological polar surface area (TPSA) is 36.0 Å². The van der Waals surface area contributed by atoms with Gasteiger partial charge in [0.25, 0.3) is 0 Å². The predicted molar refractivity (Wildman–Crippen MR) is 91.9 cm³/mol. The Kier molecular flexibility index (Phi) is 5.30. The van der Waals surface area contributed by atoms with Gasteiger partial charge in [-0.25, -0.2) is 0 Å². The number of morpholine rings is 1. The molecule has 1 aromatic rings. The predicted octanol–water partition coefficient (Wildman–Crippen LogP) is 1.23. The Hall–Kier alpha value is -1.43. The maximum Gasteiger partial charge on any atom is 0.228 e. The average molecular weight is 317 g/mol. The number of ether oxygens (including phenoxy) is 1. The number of carbonyl (C=O) groups excluding carboxylic acids is 1. The van der Waals surface area contributed by atoms with E-state index in [4.69, 9.17) is 4.74 Å². The van der Waals surface area contributed by atoms with Crippen LogP contribution in [0, 0.1) is 0 Å². The summed E-state index contributed by atoms with van der Waals surface area (Å²) in [4.78, 5) is 19.0. The molecule has 0 aromatic heterocycles. The first-order valence-electron chi connectivity index (χ1n) is 8.50. The molecule has 126 valence electrons. The number of rotatable bonds is 5. The number of amides is 1. The van der Waals surface area contributed by atoms with Crippen molar-refractivity contribution in [1.82, 2.24) is 9.80 Å². The van der Waals surface area contributed by atoms with E-state index in [0.29, 0.717) is 6.42 Å². The van der Waals surface area contributed by atoms with Gasteiger partial charge in [0.05, 0.1) is 12.7 Å². The summed E-state index contributed by atoms with van der Waals surface area (Å²) in [6.07, 6.45) is 1.81. The summed E-state index contributed by atoms with van der Waals surface area (Å²) in [5, 5.41) is 0. The fraction of sp³-hybridized carbons (Fsp3) is 0.611. The lowest BCUT2D eigenvalue weighted by molar-refractivity contribution is -0.119. The van der Waals surface area contributed by atoms with Gasteiger partial charge < -0.3 is 14.5 Å². The Morgan fingerprint density at radius 3 is 2.96 bits per heavy atom. The summed E-state index contributed by atoms with van der Waals surface area (Å²) < 4.78 is 5.79. The summed E-state index contributed by atoms with van der Waals surface area (Å²) in [6.45, 7) is 5.19. The highest BCUT2D eigenvalue weighted by atomic mass is 16.5. The van der Waals surface area contributed by atoms with E-state index in [1.54, 1.807) is 0 Å². The number of carbonyl (C=O) groups is 1. The van der Waals surface area contributed by atoms with E-state index < -0.39 is 0 Å². The summed E-state index contributed by atoms with van der Waals surface area (Å²) in [5.74, 6) is 0.241. The Morgan fingerprint density at radius 2 is 2.13 bits per heavy atom. The molecule has 5 heteroatoms. The van der Waals surface area contributed by atoms with Crippen LogP contribution in [0.15, 0.2) is 24.3 Å². The van der Waals surface area contributed by atoms with Gasteiger partial charge in [0.15, 0.2) is 0 Å². The molecule has 0 bridgehead atoms. The van der Waals surface area contributed by atoms with Gasteiger partial charge in [-0.05, 0) is 32.1 Å². The quantitative estimate of drug-likeness (QED) is 0.818. The number of para-hydroxylation sites is 1. The van der Waals surface area contributed by atoms with Crippen LogP contribution in [0.5, 0.6) is 0 Å². The molecule has 0 spiro atoms. The molecule has 2 heterocycles. The molecule has 0 aliphatic carbocycles. The summed E-state index contributed by atoms with van der Waals surface area (Å²) >= 11 is 0. The first kappa shape index (κ1) is 16.4. The van der Waals surface area contributed by atoms with Crippen LogP contribution in [0.2, 0.25) is 0 Å². The third-order valence-electron chi connectivity index (χ3n) is 4.62.